The molecule has 0 saturated carbocycles. The highest BCUT2D eigenvalue weighted by atomic mass is 35.5. The summed E-state index contributed by atoms with van der Waals surface area (Å²) in [5.41, 5.74) is 1.23. The number of nitrogens with zero attached hydrogens (tertiary/aromatic N) is 1. The topological polar surface area (TPSA) is 50.2 Å². The molecule has 1 N–H and O–H groups in total. The number of aromatic nitrogens is 1. The van der Waals surface area contributed by atoms with Gasteiger partial charge in [-0.05, 0) is 18.2 Å². The average Bonchev–Trinajstić information content (AvgIpc) is 2.75. The zero-order chi connectivity index (χ0) is 13.1. The van der Waals surface area contributed by atoms with E-state index in [-0.39, 0.29) is 0 Å². The van der Waals surface area contributed by atoms with E-state index in [1.807, 2.05) is 0 Å². The first kappa shape index (κ1) is 13.1. The molecule has 1 aromatic heterocycles. The van der Waals surface area contributed by atoms with Gasteiger partial charge >= 0.3 is 5.97 Å². The molecule has 92 valence electrons. The number of halogens is 2. The Bertz CT molecular complexity index is 602. The van der Waals surface area contributed by atoms with Crippen LogP contribution in [-0.2, 0) is 4.79 Å². The summed E-state index contributed by atoms with van der Waals surface area (Å²) in [7, 11) is 0. The minimum atomic E-state index is -1.01. The molecule has 6 heteroatoms. The lowest BCUT2D eigenvalue weighted by atomic mass is 10.2. The van der Waals surface area contributed by atoms with Crippen LogP contribution in [0, 0.1) is 0 Å². The van der Waals surface area contributed by atoms with Gasteiger partial charge < -0.3 is 5.11 Å². The monoisotopic (exact) mass is 299 g/mol. The van der Waals surface area contributed by atoms with E-state index in [9.17, 15) is 4.79 Å². The van der Waals surface area contributed by atoms with Gasteiger partial charge in [0.05, 0.1) is 15.7 Å². The molecule has 1 aromatic carbocycles. The molecule has 0 amide bonds. The summed E-state index contributed by atoms with van der Waals surface area (Å²) >= 11 is 13.5. The Labute approximate surface area is 117 Å². The number of hydrogen-bond acceptors (Lipinski definition) is 3. The highest BCUT2D eigenvalue weighted by Crippen LogP contribution is 2.36. The van der Waals surface area contributed by atoms with Crippen molar-refractivity contribution in [2.24, 2.45) is 0 Å². The molecule has 0 unspecified atom stereocenters. The molecule has 2 aromatic rings. The van der Waals surface area contributed by atoms with E-state index in [1.165, 1.54) is 17.4 Å². The predicted molar refractivity (Wildman–Crippen MR) is 74.2 cm³/mol. The van der Waals surface area contributed by atoms with Crippen LogP contribution in [0.2, 0.25) is 10.0 Å². The Hall–Kier alpha value is -1.36. The highest BCUT2D eigenvalue weighted by molar-refractivity contribution is 7.13. The quantitative estimate of drug-likeness (QED) is 0.864. The van der Waals surface area contributed by atoms with Crippen LogP contribution in [0.5, 0.6) is 0 Å². The predicted octanol–water partition coefficient (Wildman–Crippen LogP) is 4.21. The van der Waals surface area contributed by atoms with Crippen LogP contribution in [0.4, 0.5) is 0 Å². The minimum absolute atomic E-state index is 0.519. The summed E-state index contributed by atoms with van der Waals surface area (Å²) in [4.78, 5) is 14.7. The Balaban J connectivity index is 2.38. The molecule has 0 atom stereocenters. The van der Waals surface area contributed by atoms with Crippen LogP contribution in [0.15, 0.2) is 29.7 Å². The molecule has 0 aliphatic heterocycles. The Morgan fingerprint density at radius 1 is 1.33 bits per heavy atom. The van der Waals surface area contributed by atoms with E-state index in [4.69, 9.17) is 28.3 Å². The van der Waals surface area contributed by atoms with Gasteiger partial charge in [0.15, 0.2) is 0 Å². The van der Waals surface area contributed by atoms with Crippen LogP contribution in [0.25, 0.3) is 16.6 Å². The second kappa shape index (κ2) is 5.52. The molecule has 0 spiro atoms. The number of rotatable bonds is 3. The Morgan fingerprint density at radius 2 is 2.00 bits per heavy atom. The third kappa shape index (κ3) is 2.90. The summed E-state index contributed by atoms with van der Waals surface area (Å²) in [6, 6.07) is 5.22. The van der Waals surface area contributed by atoms with Crippen molar-refractivity contribution in [3.05, 3.63) is 45.4 Å². The Kier molecular flexibility index (Phi) is 4.01. The van der Waals surface area contributed by atoms with Gasteiger partial charge in [-0.2, -0.15) is 0 Å². The molecule has 0 aliphatic carbocycles. The van der Waals surface area contributed by atoms with Gasteiger partial charge in [-0.1, -0.05) is 29.3 Å². The molecule has 0 aliphatic rings. The van der Waals surface area contributed by atoms with E-state index in [1.54, 1.807) is 23.6 Å². The summed E-state index contributed by atoms with van der Waals surface area (Å²) < 4.78 is 0. The molecular weight excluding hydrogens is 293 g/mol. The van der Waals surface area contributed by atoms with Gasteiger partial charge in [-0.3, -0.25) is 0 Å². The van der Waals surface area contributed by atoms with Gasteiger partial charge in [0, 0.05) is 17.0 Å². The molecule has 2 rings (SSSR count). The molecule has 3 nitrogen and oxygen atoms in total. The maximum Gasteiger partial charge on any atom is 0.328 e. The largest absolute Gasteiger partial charge is 0.478 e. The Morgan fingerprint density at radius 3 is 2.61 bits per heavy atom. The number of carboxylic acid groups (broad SMARTS) is 1. The maximum absolute atomic E-state index is 10.4. The number of carbonyl (C=O) groups is 1. The number of aliphatic carboxylic acids is 1. The smallest absolute Gasteiger partial charge is 0.328 e. The summed E-state index contributed by atoms with van der Waals surface area (Å²) in [5.74, 6) is -1.01. The molecule has 1 heterocycles. The van der Waals surface area contributed by atoms with Crippen molar-refractivity contribution >= 4 is 46.6 Å². The molecule has 0 radical (unpaired) electrons. The second-order valence-electron chi connectivity index (χ2n) is 3.35. The van der Waals surface area contributed by atoms with Crippen LogP contribution >= 0.6 is 34.5 Å². The fraction of sp³-hybridized carbons (Fsp3) is 0. The average molecular weight is 300 g/mol. The SMILES string of the molecule is O=C(O)C=Cc1csc(-c2c(Cl)cccc2Cl)n1. The van der Waals surface area contributed by atoms with Crippen LogP contribution in [0.3, 0.4) is 0 Å². The second-order valence-corrected chi connectivity index (χ2v) is 5.02. The van der Waals surface area contributed by atoms with Crippen molar-refractivity contribution in [2.45, 2.75) is 0 Å². The van der Waals surface area contributed by atoms with E-state index >= 15 is 0 Å². The number of carboxylic acids is 1. The number of hydrogen-bond donors (Lipinski definition) is 1. The summed E-state index contributed by atoms with van der Waals surface area (Å²) in [6.07, 6.45) is 2.46. The van der Waals surface area contributed by atoms with E-state index in [0.29, 0.717) is 26.3 Å². The van der Waals surface area contributed by atoms with Gasteiger partial charge in [0.2, 0.25) is 0 Å². The minimum Gasteiger partial charge on any atom is -0.478 e. The molecule has 0 fully saturated rings. The van der Waals surface area contributed by atoms with Crippen molar-refractivity contribution in [2.75, 3.05) is 0 Å². The van der Waals surface area contributed by atoms with Crippen molar-refractivity contribution in [1.29, 1.82) is 0 Å². The fourth-order valence-electron chi connectivity index (χ4n) is 1.34. The normalized spacial score (nSPS) is 11.0. The standard InChI is InChI=1S/C12H7Cl2NO2S/c13-8-2-1-3-9(14)11(8)12-15-7(6-18-12)4-5-10(16)17/h1-6H,(H,16,17). The molecule has 0 saturated heterocycles. The zero-order valence-corrected chi connectivity index (χ0v) is 11.3. The van der Waals surface area contributed by atoms with E-state index in [0.717, 1.165) is 6.08 Å². The van der Waals surface area contributed by atoms with Gasteiger partial charge in [-0.25, -0.2) is 9.78 Å². The van der Waals surface area contributed by atoms with Crippen LogP contribution in [-0.4, -0.2) is 16.1 Å². The fourth-order valence-corrected chi connectivity index (χ4v) is 2.88. The van der Waals surface area contributed by atoms with Crippen molar-refractivity contribution < 1.29 is 9.90 Å². The molecule has 18 heavy (non-hydrogen) atoms. The lowest BCUT2D eigenvalue weighted by Gasteiger charge is -2.02. The first-order valence-corrected chi connectivity index (χ1v) is 6.52. The molecular formula is C12H7Cl2NO2S. The van der Waals surface area contributed by atoms with Crippen molar-refractivity contribution in [1.82, 2.24) is 4.98 Å². The molecule has 0 bridgehead atoms. The van der Waals surface area contributed by atoms with Crippen molar-refractivity contribution in [3.63, 3.8) is 0 Å². The van der Waals surface area contributed by atoms with Gasteiger partial charge in [0.1, 0.15) is 5.01 Å². The lowest BCUT2D eigenvalue weighted by Crippen LogP contribution is -1.86. The summed E-state index contributed by atoms with van der Waals surface area (Å²) in [5, 5.41) is 12.0. The van der Waals surface area contributed by atoms with E-state index in [2.05, 4.69) is 4.98 Å². The lowest BCUT2D eigenvalue weighted by molar-refractivity contribution is -0.131. The number of thiazole rings is 1. The van der Waals surface area contributed by atoms with E-state index < -0.39 is 5.97 Å². The third-order valence-corrected chi connectivity index (χ3v) is 3.60. The number of benzene rings is 1. The van der Waals surface area contributed by atoms with Crippen LogP contribution < -0.4 is 0 Å². The first-order chi connectivity index (χ1) is 8.58. The highest BCUT2D eigenvalue weighted by Gasteiger charge is 2.11. The van der Waals surface area contributed by atoms with Crippen LogP contribution in [0.1, 0.15) is 5.69 Å². The first-order valence-electron chi connectivity index (χ1n) is 4.89. The van der Waals surface area contributed by atoms with Gasteiger partial charge in [0.25, 0.3) is 0 Å². The van der Waals surface area contributed by atoms with Crippen molar-refractivity contribution in [3.8, 4) is 10.6 Å². The zero-order valence-electron chi connectivity index (χ0n) is 8.93. The maximum atomic E-state index is 10.4. The van der Waals surface area contributed by atoms with Gasteiger partial charge in [-0.15, -0.1) is 11.3 Å². The summed E-state index contributed by atoms with van der Waals surface area (Å²) in [6.45, 7) is 0. The third-order valence-electron chi connectivity index (χ3n) is 2.10.